The standard InChI is InChI=1S/C19H17NO3/c1-12-7-8-13(2)14(9-12)10-15(11-18(21)22)19-20-16-5-3-4-6-17(16)23-19/h3-10H,11H2,1-2H3,(H,21,22)/b15-10+. The first-order valence-corrected chi connectivity index (χ1v) is 7.38. The number of nitrogens with zero attached hydrogens (tertiary/aromatic N) is 1. The minimum atomic E-state index is -0.913. The predicted molar refractivity (Wildman–Crippen MR) is 90.0 cm³/mol. The highest BCUT2D eigenvalue weighted by Gasteiger charge is 2.14. The van der Waals surface area contributed by atoms with E-state index in [1.165, 1.54) is 0 Å². The molecule has 1 heterocycles. The van der Waals surface area contributed by atoms with Gasteiger partial charge in [0, 0.05) is 5.57 Å². The van der Waals surface area contributed by atoms with Crippen molar-refractivity contribution in [2.75, 3.05) is 0 Å². The van der Waals surface area contributed by atoms with Crippen LogP contribution in [0.2, 0.25) is 0 Å². The topological polar surface area (TPSA) is 63.3 Å². The van der Waals surface area contributed by atoms with E-state index in [1.54, 1.807) is 0 Å². The Kier molecular flexibility index (Phi) is 3.98. The molecule has 1 aromatic heterocycles. The van der Waals surface area contributed by atoms with Crippen molar-refractivity contribution in [3.8, 4) is 0 Å². The largest absolute Gasteiger partial charge is 0.481 e. The Hall–Kier alpha value is -2.88. The van der Waals surface area contributed by atoms with E-state index in [9.17, 15) is 9.90 Å². The number of aliphatic carboxylic acids is 1. The van der Waals surface area contributed by atoms with Crippen LogP contribution in [-0.2, 0) is 4.79 Å². The zero-order chi connectivity index (χ0) is 16.4. The summed E-state index contributed by atoms with van der Waals surface area (Å²) in [4.78, 5) is 15.6. The van der Waals surface area contributed by atoms with Gasteiger partial charge in [-0.25, -0.2) is 4.98 Å². The van der Waals surface area contributed by atoms with Crippen molar-refractivity contribution in [3.05, 3.63) is 65.0 Å². The highest BCUT2D eigenvalue weighted by atomic mass is 16.4. The summed E-state index contributed by atoms with van der Waals surface area (Å²) >= 11 is 0. The Labute approximate surface area is 134 Å². The van der Waals surface area contributed by atoms with Crippen LogP contribution in [0, 0.1) is 13.8 Å². The second-order valence-electron chi connectivity index (χ2n) is 5.59. The molecule has 0 spiro atoms. The number of oxazole rings is 1. The first kappa shape index (κ1) is 15.0. The van der Waals surface area contributed by atoms with E-state index in [4.69, 9.17) is 4.42 Å². The number of para-hydroxylation sites is 2. The summed E-state index contributed by atoms with van der Waals surface area (Å²) in [6.07, 6.45) is 1.71. The zero-order valence-electron chi connectivity index (χ0n) is 13.0. The molecule has 0 saturated carbocycles. The fourth-order valence-electron chi connectivity index (χ4n) is 2.46. The normalized spacial score (nSPS) is 11.8. The molecule has 3 aromatic rings. The number of aryl methyl sites for hydroxylation is 2. The fourth-order valence-corrected chi connectivity index (χ4v) is 2.46. The van der Waals surface area contributed by atoms with Gasteiger partial charge in [-0.05, 0) is 43.2 Å². The van der Waals surface area contributed by atoms with Crippen LogP contribution in [-0.4, -0.2) is 16.1 Å². The number of hydrogen-bond acceptors (Lipinski definition) is 3. The third kappa shape index (κ3) is 3.31. The lowest BCUT2D eigenvalue weighted by molar-refractivity contribution is -0.135. The Morgan fingerprint density at radius 3 is 2.74 bits per heavy atom. The van der Waals surface area contributed by atoms with Gasteiger partial charge < -0.3 is 9.52 Å². The number of aromatic nitrogens is 1. The molecule has 0 radical (unpaired) electrons. The number of carboxylic acids is 1. The fraction of sp³-hybridized carbons (Fsp3) is 0.158. The number of carbonyl (C=O) groups is 1. The number of benzene rings is 2. The van der Waals surface area contributed by atoms with Crippen LogP contribution in [0.1, 0.15) is 29.0 Å². The lowest BCUT2D eigenvalue weighted by atomic mass is 10.0. The molecular weight excluding hydrogens is 290 g/mol. The van der Waals surface area contributed by atoms with E-state index in [2.05, 4.69) is 4.98 Å². The maximum Gasteiger partial charge on any atom is 0.308 e. The molecule has 0 aliphatic heterocycles. The summed E-state index contributed by atoms with van der Waals surface area (Å²) in [5.74, 6) is -0.557. The molecular formula is C19H17NO3. The molecule has 2 aromatic carbocycles. The number of hydrogen-bond donors (Lipinski definition) is 1. The number of carboxylic acid groups (broad SMARTS) is 1. The average molecular weight is 307 g/mol. The molecule has 0 amide bonds. The quantitative estimate of drug-likeness (QED) is 0.773. The molecule has 116 valence electrons. The van der Waals surface area contributed by atoms with Crippen LogP contribution in [0.15, 0.2) is 46.9 Å². The van der Waals surface area contributed by atoms with Gasteiger partial charge in [0.1, 0.15) is 5.52 Å². The molecule has 0 bridgehead atoms. The van der Waals surface area contributed by atoms with Gasteiger partial charge in [-0.15, -0.1) is 0 Å². The average Bonchev–Trinajstić information content (AvgIpc) is 2.93. The summed E-state index contributed by atoms with van der Waals surface area (Å²) in [6.45, 7) is 4.00. The smallest absolute Gasteiger partial charge is 0.308 e. The number of rotatable bonds is 4. The lowest BCUT2D eigenvalue weighted by Crippen LogP contribution is -1.98. The highest BCUT2D eigenvalue weighted by Crippen LogP contribution is 2.26. The second-order valence-corrected chi connectivity index (χ2v) is 5.59. The van der Waals surface area contributed by atoms with Crippen LogP contribution in [0.5, 0.6) is 0 Å². The van der Waals surface area contributed by atoms with Gasteiger partial charge in [0.25, 0.3) is 0 Å². The highest BCUT2D eigenvalue weighted by molar-refractivity contribution is 5.91. The van der Waals surface area contributed by atoms with Crippen LogP contribution in [0.4, 0.5) is 0 Å². The first-order valence-electron chi connectivity index (χ1n) is 7.38. The minimum absolute atomic E-state index is 0.139. The molecule has 0 unspecified atom stereocenters. The Bertz CT molecular complexity index is 873. The molecule has 0 aliphatic carbocycles. The van der Waals surface area contributed by atoms with Crippen LogP contribution >= 0.6 is 0 Å². The monoisotopic (exact) mass is 307 g/mol. The molecule has 1 N–H and O–H groups in total. The Balaban J connectivity index is 2.11. The molecule has 0 saturated heterocycles. The van der Waals surface area contributed by atoms with Crippen molar-refractivity contribution in [1.82, 2.24) is 4.98 Å². The van der Waals surface area contributed by atoms with Gasteiger partial charge in [-0.1, -0.05) is 35.9 Å². The van der Waals surface area contributed by atoms with Crippen molar-refractivity contribution >= 4 is 28.7 Å². The molecule has 0 aliphatic rings. The minimum Gasteiger partial charge on any atom is -0.481 e. The van der Waals surface area contributed by atoms with Crippen molar-refractivity contribution in [2.24, 2.45) is 0 Å². The third-order valence-electron chi connectivity index (χ3n) is 3.67. The van der Waals surface area contributed by atoms with E-state index in [-0.39, 0.29) is 6.42 Å². The van der Waals surface area contributed by atoms with Crippen LogP contribution in [0.25, 0.3) is 22.7 Å². The molecule has 0 atom stereocenters. The molecule has 3 rings (SSSR count). The van der Waals surface area contributed by atoms with E-state index >= 15 is 0 Å². The maximum absolute atomic E-state index is 11.2. The van der Waals surface area contributed by atoms with Gasteiger partial charge in [-0.3, -0.25) is 4.79 Å². The zero-order valence-corrected chi connectivity index (χ0v) is 13.0. The van der Waals surface area contributed by atoms with Gasteiger partial charge in [-0.2, -0.15) is 0 Å². The third-order valence-corrected chi connectivity index (χ3v) is 3.67. The second kappa shape index (κ2) is 6.08. The molecule has 0 fully saturated rings. The van der Waals surface area contributed by atoms with Crippen molar-refractivity contribution in [1.29, 1.82) is 0 Å². The molecule has 4 heteroatoms. The Morgan fingerprint density at radius 2 is 2.00 bits per heavy atom. The summed E-state index contributed by atoms with van der Waals surface area (Å²) in [6, 6.07) is 13.5. The van der Waals surface area contributed by atoms with Gasteiger partial charge in [0.2, 0.25) is 5.89 Å². The van der Waals surface area contributed by atoms with Gasteiger partial charge in [0.05, 0.1) is 6.42 Å². The molecule has 4 nitrogen and oxygen atoms in total. The Morgan fingerprint density at radius 1 is 1.22 bits per heavy atom. The maximum atomic E-state index is 11.2. The van der Waals surface area contributed by atoms with E-state index in [0.29, 0.717) is 17.0 Å². The molecule has 23 heavy (non-hydrogen) atoms. The first-order chi connectivity index (χ1) is 11.0. The SMILES string of the molecule is Cc1ccc(C)c(/C=C(\CC(=O)O)c2nc3ccccc3o2)c1. The van der Waals surface area contributed by atoms with Gasteiger partial charge in [0.15, 0.2) is 5.58 Å². The van der Waals surface area contributed by atoms with E-state index in [1.807, 2.05) is 62.4 Å². The summed E-state index contributed by atoms with van der Waals surface area (Å²) < 4.78 is 5.73. The van der Waals surface area contributed by atoms with Crippen LogP contribution < -0.4 is 0 Å². The van der Waals surface area contributed by atoms with Gasteiger partial charge >= 0.3 is 5.97 Å². The van der Waals surface area contributed by atoms with Crippen molar-refractivity contribution in [3.63, 3.8) is 0 Å². The summed E-state index contributed by atoms with van der Waals surface area (Å²) in [7, 11) is 0. The summed E-state index contributed by atoms with van der Waals surface area (Å²) in [5.41, 5.74) is 5.11. The van der Waals surface area contributed by atoms with E-state index < -0.39 is 5.97 Å². The predicted octanol–water partition coefficient (Wildman–Crippen LogP) is 4.46. The lowest BCUT2D eigenvalue weighted by Gasteiger charge is -2.05. The number of fused-ring (bicyclic) bond motifs is 1. The summed E-state index contributed by atoms with van der Waals surface area (Å²) in [5, 5.41) is 9.21. The van der Waals surface area contributed by atoms with E-state index in [0.717, 1.165) is 22.2 Å². The van der Waals surface area contributed by atoms with Crippen molar-refractivity contribution in [2.45, 2.75) is 20.3 Å². The van der Waals surface area contributed by atoms with Crippen molar-refractivity contribution < 1.29 is 14.3 Å². The van der Waals surface area contributed by atoms with Crippen LogP contribution in [0.3, 0.4) is 0 Å².